The molecule has 1 aliphatic rings. The number of amides is 1. The van der Waals surface area contributed by atoms with E-state index in [0.717, 1.165) is 11.1 Å². The zero-order chi connectivity index (χ0) is 21.5. The summed E-state index contributed by atoms with van der Waals surface area (Å²) < 4.78 is 26.3. The van der Waals surface area contributed by atoms with Gasteiger partial charge in [0.25, 0.3) is 0 Å². The van der Waals surface area contributed by atoms with Gasteiger partial charge in [0.2, 0.25) is 5.91 Å². The Bertz CT molecular complexity index is 1220. The average Bonchev–Trinajstić information content (AvgIpc) is 3.10. The van der Waals surface area contributed by atoms with E-state index in [1.165, 1.54) is 15.9 Å². The van der Waals surface area contributed by atoms with E-state index in [2.05, 4.69) is 15.3 Å². The fourth-order valence-electron chi connectivity index (χ4n) is 3.51. The SMILES string of the molecule is CC(=O)Nc1cc(-c2cn(C)c(=O)n3cc(CN4CC[S+](=O)([O-])CC4)nc23)ccn1. The number of fused-ring (bicyclic) bond motifs is 1. The van der Waals surface area contributed by atoms with Crippen molar-refractivity contribution in [2.45, 2.75) is 13.5 Å². The molecule has 0 atom stereocenters. The van der Waals surface area contributed by atoms with Crippen molar-refractivity contribution in [2.75, 3.05) is 29.9 Å². The summed E-state index contributed by atoms with van der Waals surface area (Å²) in [6, 6.07) is 3.51. The Labute approximate surface area is 173 Å². The number of carbonyl (C=O) groups excluding carboxylic acids is 1. The zero-order valence-corrected chi connectivity index (χ0v) is 17.5. The van der Waals surface area contributed by atoms with Crippen molar-refractivity contribution in [3.8, 4) is 11.1 Å². The van der Waals surface area contributed by atoms with Crippen molar-refractivity contribution in [1.29, 1.82) is 0 Å². The molecule has 0 bridgehead atoms. The van der Waals surface area contributed by atoms with Crippen LogP contribution in [-0.4, -0.2) is 58.9 Å². The van der Waals surface area contributed by atoms with E-state index in [9.17, 15) is 18.4 Å². The molecule has 4 heterocycles. The molecule has 0 unspecified atom stereocenters. The van der Waals surface area contributed by atoms with E-state index in [1.807, 2.05) is 4.90 Å². The third kappa shape index (κ3) is 4.18. The summed E-state index contributed by atoms with van der Waals surface area (Å²) in [6.45, 7) is 2.77. The van der Waals surface area contributed by atoms with Gasteiger partial charge in [-0.15, -0.1) is 4.21 Å². The highest BCUT2D eigenvalue weighted by molar-refractivity contribution is 7.97. The number of carbonyl (C=O) groups is 1. The van der Waals surface area contributed by atoms with Crippen LogP contribution < -0.4 is 11.0 Å². The van der Waals surface area contributed by atoms with Gasteiger partial charge in [-0.2, -0.15) is 0 Å². The number of aromatic nitrogens is 4. The van der Waals surface area contributed by atoms with Gasteiger partial charge in [-0.3, -0.25) is 14.1 Å². The quantitative estimate of drug-likeness (QED) is 0.598. The molecule has 158 valence electrons. The molecule has 1 saturated heterocycles. The standard InChI is InChI=1S/C19H22N6O4S/c1-13(26)21-17-9-14(3-4-20-17)16-12-23(2)19(27)25-11-15(22-18(16)25)10-24-5-7-30(28,29)8-6-24/h3-4,9,11-12H,5-8,10H2,1-2H3,(H-,20,21,26,28,29). The number of rotatable bonds is 4. The summed E-state index contributed by atoms with van der Waals surface area (Å²) in [5.74, 6) is 0.456. The van der Waals surface area contributed by atoms with Gasteiger partial charge in [-0.05, 0) is 17.7 Å². The molecule has 1 aliphatic heterocycles. The number of sulfone groups is 1. The van der Waals surface area contributed by atoms with Crippen LogP contribution in [0, 0.1) is 0 Å². The smallest absolute Gasteiger partial charge is 0.333 e. The number of imidazole rings is 1. The normalized spacial score (nSPS) is 16.6. The van der Waals surface area contributed by atoms with Crippen LogP contribution in [0.4, 0.5) is 5.82 Å². The van der Waals surface area contributed by atoms with Crippen molar-refractivity contribution < 1.29 is 13.6 Å². The van der Waals surface area contributed by atoms with Gasteiger partial charge in [-0.1, -0.05) is 0 Å². The van der Waals surface area contributed by atoms with E-state index in [-0.39, 0.29) is 23.1 Å². The molecule has 0 aromatic carbocycles. The van der Waals surface area contributed by atoms with Crippen molar-refractivity contribution >= 4 is 27.6 Å². The van der Waals surface area contributed by atoms with Crippen LogP contribution in [0.3, 0.4) is 0 Å². The largest absolute Gasteiger partial charge is 0.615 e. The van der Waals surface area contributed by atoms with Crippen LogP contribution in [0.1, 0.15) is 12.6 Å². The summed E-state index contributed by atoms with van der Waals surface area (Å²) in [7, 11) is -1.29. The lowest BCUT2D eigenvalue weighted by atomic mass is 10.1. The Morgan fingerprint density at radius 3 is 2.73 bits per heavy atom. The first-order chi connectivity index (χ1) is 14.2. The Morgan fingerprint density at radius 2 is 2.03 bits per heavy atom. The molecule has 1 N–H and O–H groups in total. The first-order valence-electron chi connectivity index (χ1n) is 9.46. The second-order valence-corrected chi connectivity index (χ2v) is 9.70. The van der Waals surface area contributed by atoms with E-state index in [1.54, 1.807) is 37.8 Å². The highest BCUT2D eigenvalue weighted by atomic mass is 32.3. The second kappa shape index (κ2) is 7.74. The number of hydrogen-bond donors (Lipinski definition) is 1. The minimum atomic E-state index is -2.96. The van der Waals surface area contributed by atoms with Gasteiger partial charge >= 0.3 is 5.69 Å². The molecule has 0 aliphatic carbocycles. The number of hydrogen-bond acceptors (Lipinski definition) is 7. The van der Waals surface area contributed by atoms with Crippen LogP contribution in [0.25, 0.3) is 16.8 Å². The first-order valence-corrected chi connectivity index (χ1v) is 11.3. The van der Waals surface area contributed by atoms with E-state index >= 15 is 0 Å². The molecule has 3 aromatic rings. The van der Waals surface area contributed by atoms with Crippen molar-refractivity contribution in [2.24, 2.45) is 7.05 Å². The Kier molecular flexibility index (Phi) is 5.26. The lowest BCUT2D eigenvalue weighted by molar-refractivity contribution is -0.114. The topological polar surface area (TPSA) is 125 Å². The summed E-state index contributed by atoms with van der Waals surface area (Å²) in [5.41, 5.74) is 2.44. The number of nitrogens with one attached hydrogen (secondary N) is 1. The molecule has 11 heteroatoms. The lowest BCUT2D eigenvalue weighted by Crippen LogP contribution is -2.42. The van der Waals surface area contributed by atoms with E-state index in [4.69, 9.17) is 0 Å². The van der Waals surface area contributed by atoms with Gasteiger partial charge in [-0.25, -0.2) is 14.8 Å². The predicted molar refractivity (Wildman–Crippen MR) is 112 cm³/mol. The molecule has 0 radical (unpaired) electrons. The monoisotopic (exact) mass is 430 g/mol. The minimum Gasteiger partial charge on any atom is -0.615 e. The molecule has 1 fully saturated rings. The minimum absolute atomic E-state index is 0.135. The van der Waals surface area contributed by atoms with Crippen molar-refractivity contribution in [1.82, 2.24) is 23.8 Å². The van der Waals surface area contributed by atoms with Gasteiger partial charge in [0, 0.05) is 68.0 Å². The zero-order valence-electron chi connectivity index (χ0n) is 16.7. The number of aryl methyl sites for hydroxylation is 1. The van der Waals surface area contributed by atoms with Gasteiger partial charge < -0.3 is 14.4 Å². The predicted octanol–water partition coefficient (Wildman–Crippen LogP) is 0.499. The van der Waals surface area contributed by atoms with E-state index < -0.39 is 10.2 Å². The molecular formula is C19H22N6O4S. The fourth-order valence-corrected chi connectivity index (χ4v) is 4.78. The van der Waals surface area contributed by atoms with Crippen LogP contribution in [0.5, 0.6) is 0 Å². The van der Waals surface area contributed by atoms with Crippen molar-refractivity contribution in [3.63, 3.8) is 0 Å². The molecule has 10 nitrogen and oxygen atoms in total. The number of nitrogens with zero attached hydrogens (tertiary/aromatic N) is 5. The lowest BCUT2D eigenvalue weighted by Gasteiger charge is -2.29. The fraction of sp³-hybridized carbons (Fsp3) is 0.368. The number of pyridine rings is 1. The van der Waals surface area contributed by atoms with Crippen molar-refractivity contribution in [3.05, 3.63) is 46.9 Å². The van der Waals surface area contributed by atoms with Gasteiger partial charge in [0.15, 0.2) is 5.65 Å². The maximum Gasteiger partial charge on any atom is 0.333 e. The average molecular weight is 430 g/mol. The van der Waals surface area contributed by atoms with Crippen LogP contribution in [0.15, 0.2) is 35.5 Å². The molecule has 4 rings (SSSR count). The van der Waals surface area contributed by atoms with Gasteiger partial charge in [0.1, 0.15) is 17.3 Å². The van der Waals surface area contributed by atoms with Crippen LogP contribution in [-0.2, 0) is 32.8 Å². The summed E-state index contributed by atoms with van der Waals surface area (Å²) in [4.78, 5) is 34.8. The second-order valence-electron chi connectivity index (χ2n) is 7.40. The summed E-state index contributed by atoms with van der Waals surface area (Å²) in [6.07, 6.45) is 4.98. The Hall–Kier alpha value is -2.89. The van der Waals surface area contributed by atoms with Gasteiger partial charge in [0.05, 0.1) is 5.69 Å². The third-order valence-corrected chi connectivity index (χ3v) is 6.63. The molecule has 3 aromatic heterocycles. The van der Waals surface area contributed by atoms with Crippen LogP contribution >= 0.6 is 0 Å². The molecule has 30 heavy (non-hydrogen) atoms. The molecule has 0 spiro atoms. The van der Waals surface area contributed by atoms with E-state index in [0.29, 0.717) is 36.8 Å². The maximum absolute atomic E-state index is 12.6. The molecular weight excluding hydrogens is 408 g/mol. The Morgan fingerprint density at radius 1 is 1.30 bits per heavy atom. The van der Waals surface area contributed by atoms with Crippen LogP contribution in [0.2, 0.25) is 0 Å². The maximum atomic E-state index is 12.6. The summed E-state index contributed by atoms with van der Waals surface area (Å²) in [5, 5.41) is 2.65. The summed E-state index contributed by atoms with van der Waals surface area (Å²) >= 11 is 0. The number of anilines is 1. The molecule has 0 saturated carbocycles. The Balaban J connectivity index is 1.71. The first kappa shape index (κ1) is 20.4. The highest BCUT2D eigenvalue weighted by Gasteiger charge is 2.26. The highest BCUT2D eigenvalue weighted by Crippen LogP contribution is 2.25. The third-order valence-electron chi connectivity index (χ3n) is 5.02. The molecule has 1 amide bonds.